The van der Waals surface area contributed by atoms with Crippen molar-refractivity contribution in [3.8, 4) is 11.5 Å². The summed E-state index contributed by atoms with van der Waals surface area (Å²) in [6, 6.07) is 14.6. The SMILES string of the molecule is CNC(=O)c1cc(Oc2ccc(NC(=O)Nc3ccc4c(c3)CCN4S(C)(=O)=O)cc2)ccn1. The van der Waals surface area contributed by atoms with Gasteiger partial charge in [0.2, 0.25) is 10.0 Å². The van der Waals surface area contributed by atoms with Crippen LogP contribution in [0.5, 0.6) is 11.5 Å². The number of aromatic nitrogens is 1. The number of ether oxygens (including phenoxy) is 1. The first-order valence-electron chi connectivity index (χ1n) is 10.4. The molecule has 34 heavy (non-hydrogen) atoms. The van der Waals surface area contributed by atoms with E-state index in [0.29, 0.717) is 41.5 Å². The van der Waals surface area contributed by atoms with Gasteiger partial charge in [0, 0.05) is 37.2 Å². The summed E-state index contributed by atoms with van der Waals surface area (Å²) in [4.78, 5) is 28.1. The van der Waals surface area contributed by atoms with E-state index in [9.17, 15) is 18.0 Å². The number of sulfonamides is 1. The molecule has 3 amide bonds. The van der Waals surface area contributed by atoms with Crippen LogP contribution in [0.1, 0.15) is 16.1 Å². The van der Waals surface area contributed by atoms with Crippen LogP contribution >= 0.6 is 0 Å². The average Bonchev–Trinajstić information content (AvgIpc) is 3.24. The number of hydrogen-bond acceptors (Lipinski definition) is 6. The van der Waals surface area contributed by atoms with Gasteiger partial charge in [-0.25, -0.2) is 13.2 Å². The Morgan fingerprint density at radius 2 is 1.68 bits per heavy atom. The highest BCUT2D eigenvalue weighted by Crippen LogP contribution is 2.32. The number of carbonyl (C=O) groups is 2. The minimum absolute atomic E-state index is 0.241. The Balaban J connectivity index is 1.36. The molecule has 0 aliphatic carbocycles. The molecule has 0 unspecified atom stereocenters. The van der Waals surface area contributed by atoms with Gasteiger partial charge >= 0.3 is 6.03 Å². The number of nitrogens with zero attached hydrogens (tertiary/aromatic N) is 2. The van der Waals surface area contributed by atoms with E-state index < -0.39 is 16.1 Å². The molecule has 0 fully saturated rings. The third-order valence-electron chi connectivity index (χ3n) is 5.13. The van der Waals surface area contributed by atoms with Crippen LogP contribution in [0.3, 0.4) is 0 Å². The van der Waals surface area contributed by atoms with Gasteiger partial charge in [-0.15, -0.1) is 0 Å². The molecule has 2 aromatic carbocycles. The number of pyridine rings is 1. The minimum Gasteiger partial charge on any atom is -0.457 e. The fourth-order valence-corrected chi connectivity index (χ4v) is 4.51. The zero-order valence-corrected chi connectivity index (χ0v) is 19.3. The summed E-state index contributed by atoms with van der Waals surface area (Å²) in [7, 11) is -1.80. The molecular formula is C23H23N5O5S. The lowest BCUT2D eigenvalue weighted by Gasteiger charge is -2.16. The van der Waals surface area contributed by atoms with Crippen LogP contribution in [-0.4, -0.2) is 45.2 Å². The lowest BCUT2D eigenvalue weighted by Crippen LogP contribution is -2.27. The summed E-state index contributed by atoms with van der Waals surface area (Å²) in [5.41, 5.74) is 2.86. The van der Waals surface area contributed by atoms with Crippen molar-refractivity contribution < 1.29 is 22.7 Å². The van der Waals surface area contributed by atoms with Gasteiger partial charge in [-0.3, -0.25) is 14.1 Å². The smallest absolute Gasteiger partial charge is 0.323 e. The Morgan fingerprint density at radius 1 is 0.971 bits per heavy atom. The van der Waals surface area contributed by atoms with Crippen molar-refractivity contribution in [3.05, 3.63) is 72.1 Å². The van der Waals surface area contributed by atoms with Crippen LogP contribution < -0.4 is 25.0 Å². The topological polar surface area (TPSA) is 130 Å². The predicted molar refractivity (Wildman–Crippen MR) is 129 cm³/mol. The van der Waals surface area contributed by atoms with E-state index in [-0.39, 0.29) is 11.6 Å². The molecule has 11 heteroatoms. The number of hydrogen-bond donors (Lipinski definition) is 3. The van der Waals surface area contributed by atoms with Crippen LogP contribution in [0.2, 0.25) is 0 Å². The maximum Gasteiger partial charge on any atom is 0.323 e. The third-order valence-corrected chi connectivity index (χ3v) is 6.31. The Labute approximate surface area is 197 Å². The standard InChI is InChI=1S/C23H23N5O5S/c1-24-22(29)20-14-19(9-11-25-20)33-18-6-3-16(4-7-18)26-23(30)27-17-5-8-21-15(13-17)10-12-28(21)34(2,31)32/h3-9,11,13-14H,10,12H2,1-2H3,(H,24,29)(H2,26,27,30). The van der Waals surface area contributed by atoms with Gasteiger partial charge in [-0.2, -0.15) is 0 Å². The number of carbonyl (C=O) groups excluding carboxylic acids is 2. The van der Waals surface area contributed by atoms with Gasteiger partial charge < -0.3 is 20.7 Å². The maximum absolute atomic E-state index is 12.4. The fraction of sp³-hybridized carbons (Fsp3) is 0.174. The molecule has 1 aliphatic heterocycles. The second-order valence-corrected chi connectivity index (χ2v) is 9.50. The molecule has 176 valence electrons. The Bertz CT molecular complexity index is 1340. The second-order valence-electron chi connectivity index (χ2n) is 7.59. The largest absolute Gasteiger partial charge is 0.457 e. The highest BCUT2D eigenvalue weighted by atomic mass is 32.2. The summed E-state index contributed by atoms with van der Waals surface area (Å²) in [5.74, 6) is 0.666. The Kier molecular flexibility index (Phi) is 6.37. The first kappa shape index (κ1) is 23.1. The molecule has 0 saturated carbocycles. The van der Waals surface area contributed by atoms with Crippen molar-refractivity contribution in [2.75, 3.05) is 34.8 Å². The monoisotopic (exact) mass is 481 g/mol. The molecule has 0 spiro atoms. The van der Waals surface area contributed by atoms with Crippen LogP contribution in [-0.2, 0) is 16.4 Å². The summed E-state index contributed by atoms with van der Waals surface area (Å²) < 4.78 is 30.8. The van der Waals surface area contributed by atoms with Gasteiger partial charge in [-0.1, -0.05) is 0 Å². The molecule has 0 radical (unpaired) electrons. The summed E-state index contributed by atoms with van der Waals surface area (Å²) >= 11 is 0. The van der Waals surface area contributed by atoms with Gasteiger partial charge in [0.1, 0.15) is 17.2 Å². The Hall–Kier alpha value is -4.12. The Morgan fingerprint density at radius 3 is 2.38 bits per heavy atom. The number of benzene rings is 2. The van der Waals surface area contributed by atoms with E-state index in [4.69, 9.17) is 4.74 Å². The molecule has 0 atom stereocenters. The minimum atomic E-state index is -3.32. The van der Waals surface area contributed by atoms with Gasteiger partial charge in [0.15, 0.2) is 0 Å². The van der Waals surface area contributed by atoms with Crippen LogP contribution in [0, 0.1) is 0 Å². The number of amides is 3. The number of rotatable bonds is 6. The van der Waals surface area contributed by atoms with Crippen molar-refractivity contribution in [1.29, 1.82) is 0 Å². The van der Waals surface area contributed by atoms with E-state index in [1.807, 2.05) is 0 Å². The highest BCUT2D eigenvalue weighted by molar-refractivity contribution is 7.92. The highest BCUT2D eigenvalue weighted by Gasteiger charge is 2.26. The molecule has 10 nitrogen and oxygen atoms in total. The molecule has 2 heterocycles. The fourth-order valence-electron chi connectivity index (χ4n) is 3.56. The molecular weight excluding hydrogens is 458 g/mol. The number of anilines is 3. The first-order valence-corrected chi connectivity index (χ1v) is 12.2. The molecule has 1 aromatic heterocycles. The zero-order chi connectivity index (χ0) is 24.3. The van der Waals surface area contributed by atoms with Crippen molar-refractivity contribution in [1.82, 2.24) is 10.3 Å². The normalized spacial score (nSPS) is 12.6. The van der Waals surface area contributed by atoms with Crippen molar-refractivity contribution in [3.63, 3.8) is 0 Å². The lowest BCUT2D eigenvalue weighted by molar-refractivity contribution is 0.0957. The predicted octanol–water partition coefficient (Wildman–Crippen LogP) is 3.20. The summed E-state index contributed by atoms with van der Waals surface area (Å²) in [5, 5.41) is 8.00. The first-order chi connectivity index (χ1) is 16.2. The molecule has 3 aromatic rings. The quantitative estimate of drug-likeness (QED) is 0.496. The molecule has 3 N–H and O–H groups in total. The summed E-state index contributed by atoms with van der Waals surface area (Å²) in [6.07, 6.45) is 3.25. The van der Waals surface area contributed by atoms with Crippen molar-refractivity contribution in [2.24, 2.45) is 0 Å². The number of fused-ring (bicyclic) bond motifs is 1. The molecule has 4 rings (SSSR count). The maximum atomic E-state index is 12.4. The van der Waals surface area contributed by atoms with E-state index in [2.05, 4.69) is 20.9 Å². The van der Waals surface area contributed by atoms with Crippen LogP contribution in [0.15, 0.2) is 60.8 Å². The van der Waals surface area contributed by atoms with Crippen molar-refractivity contribution >= 4 is 39.0 Å². The zero-order valence-electron chi connectivity index (χ0n) is 18.5. The van der Waals surface area contributed by atoms with Gasteiger partial charge in [0.05, 0.1) is 11.9 Å². The molecule has 1 aliphatic rings. The van der Waals surface area contributed by atoms with E-state index >= 15 is 0 Å². The van der Waals surface area contributed by atoms with Crippen LogP contribution in [0.4, 0.5) is 21.9 Å². The van der Waals surface area contributed by atoms with Gasteiger partial charge in [-0.05, 0) is 60.5 Å². The molecule has 0 saturated heterocycles. The van der Waals surface area contributed by atoms with Crippen molar-refractivity contribution in [2.45, 2.75) is 6.42 Å². The number of nitrogens with one attached hydrogen (secondary N) is 3. The lowest BCUT2D eigenvalue weighted by atomic mass is 10.1. The third kappa shape index (κ3) is 5.26. The average molecular weight is 482 g/mol. The van der Waals surface area contributed by atoms with E-state index in [1.54, 1.807) is 48.5 Å². The second kappa shape index (κ2) is 9.40. The summed E-state index contributed by atoms with van der Waals surface area (Å²) in [6.45, 7) is 0.394. The van der Waals surface area contributed by atoms with Crippen LogP contribution in [0.25, 0.3) is 0 Å². The van der Waals surface area contributed by atoms with E-state index in [0.717, 1.165) is 5.56 Å². The van der Waals surface area contributed by atoms with E-state index in [1.165, 1.54) is 29.9 Å². The number of urea groups is 1. The molecule has 0 bridgehead atoms. The van der Waals surface area contributed by atoms with Gasteiger partial charge in [0.25, 0.3) is 5.91 Å².